The largest absolute Gasteiger partial charge is 0.326 e. The second-order valence-electron chi connectivity index (χ2n) is 5.77. The Morgan fingerprint density at radius 3 is 2.00 bits per heavy atom. The predicted molar refractivity (Wildman–Crippen MR) is 107 cm³/mol. The smallest absolute Gasteiger partial charge is 0.234 e. The summed E-state index contributed by atoms with van der Waals surface area (Å²) < 4.78 is 0. The number of anilines is 2. The van der Waals surface area contributed by atoms with Crippen molar-refractivity contribution in [1.29, 1.82) is 0 Å². The molecule has 5 nitrogen and oxygen atoms in total. The van der Waals surface area contributed by atoms with Gasteiger partial charge in [-0.05, 0) is 48.4 Å². The highest BCUT2D eigenvalue weighted by molar-refractivity contribution is 8.00. The molecule has 0 saturated carbocycles. The van der Waals surface area contributed by atoms with Gasteiger partial charge in [0.05, 0.1) is 11.5 Å². The zero-order chi connectivity index (χ0) is 18.9. The first-order valence-electron chi connectivity index (χ1n) is 8.35. The van der Waals surface area contributed by atoms with Gasteiger partial charge in [0.2, 0.25) is 11.8 Å². The first kappa shape index (κ1) is 19.7. The predicted octanol–water partition coefficient (Wildman–Crippen LogP) is 3.76. The molecule has 0 bridgehead atoms. The van der Waals surface area contributed by atoms with E-state index in [0.29, 0.717) is 11.3 Å². The minimum Gasteiger partial charge on any atom is -0.326 e. The number of aryl methyl sites for hydroxylation is 1. The van der Waals surface area contributed by atoms with Crippen molar-refractivity contribution in [3.05, 3.63) is 59.7 Å². The lowest BCUT2D eigenvalue weighted by Gasteiger charge is -2.06. The van der Waals surface area contributed by atoms with Crippen molar-refractivity contribution in [3.63, 3.8) is 0 Å². The molecule has 0 unspecified atom stereocenters. The molecule has 26 heavy (non-hydrogen) atoms. The molecule has 0 heterocycles. The van der Waals surface area contributed by atoms with Crippen LogP contribution in [0.2, 0.25) is 0 Å². The van der Waals surface area contributed by atoms with Crippen LogP contribution in [-0.4, -0.2) is 29.1 Å². The van der Waals surface area contributed by atoms with Crippen molar-refractivity contribution in [3.8, 4) is 0 Å². The Hall–Kier alpha value is -2.60. The summed E-state index contributed by atoms with van der Waals surface area (Å²) in [4.78, 5) is 35.1. The summed E-state index contributed by atoms with van der Waals surface area (Å²) in [6.45, 7) is 3.51. The lowest BCUT2D eigenvalue weighted by atomic mass is 10.1. The van der Waals surface area contributed by atoms with E-state index in [4.69, 9.17) is 0 Å². The van der Waals surface area contributed by atoms with Crippen molar-refractivity contribution >= 4 is 40.7 Å². The quantitative estimate of drug-likeness (QED) is 0.694. The van der Waals surface area contributed by atoms with Crippen LogP contribution in [0, 0.1) is 0 Å². The fourth-order valence-corrected chi connectivity index (χ4v) is 3.00. The number of thioether (sulfide) groups is 1. The lowest BCUT2D eigenvalue weighted by Crippen LogP contribution is -2.15. The molecule has 0 aliphatic carbocycles. The molecule has 0 atom stereocenters. The summed E-state index contributed by atoms with van der Waals surface area (Å²) in [5.41, 5.74) is 3.18. The first-order chi connectivity index (χ1) is 12.5. The zero-order valence-corrected chi connectivity index (χ0v) is 15.7. The summed E-state index contributed by atoms with van der Waals surface area (Å²) in [5.74, 6) is 0.0972. The minimum absolute atomic E-state index is 0.0514. The Bertz CT molecular complexity index is 771. The molecule has 2 aromatic carbocycles. The number of rotatable bonds is 8. The Morgan fingerprint density at radius 1 is 0.846 bits per heavy atom. The zero-order valence-electron chi connectivity index (χ0n) is 14.9. The van der Waals surface area contributed by atoms with Crippen LogP contribution < -0.4 is 10.6 Å². The summed E-state index contributed by atoms with van der Waals surface area (Å²) in [5, 5.41) is 5.47. The highest BCUT2D eigenvalue weighted by atomic mass is 32.2. The van der Waals surface area contributed by atoms with Gasteiger partial charge in [0.1, 0.15) is 0 Å². The van der Waals surface area contributed by atoms with Crippen LogP contribution in [0.1, 0.15) is 29.8 Å². The van der Waals surface area contributed by atoms with E-state index < -0.39 is 0 Å². The molecular weight excluding hydrogens is 348 g/mol. The molecule has 0 aliphatic heterocycles. The molecule has 2 amide bonds. The standard InChI is InChI=1S/C20H22N2O3S/c1-3-15-4-8-18(9-5-15)22-20(25)13-26-12-19(24)16-6-10-17(11-7-16)21-14(2)23/h4-11H,3,12-13H2,1-2H3,(H,21,23)(H,22,25). The number of Topliss-reactive ketones (excluding diaryl/α,β-unsaturated/α-hetero) is 1. The molecule has 0 fully saturated rings. The molecule has 6 heteroatoms. The average molecular weight is 370 g/mol. The van der Waals surface area contributed by atoms with E-state index in [2.05, 4.69) is 17.6 Å². The van der Waals surface area contributed by atoms with Gasteiger partial charge >= 0.3 is 0 Å². The van der Waals surface area contributed by atoms with E-state index in [1.165, 1.54) is 24.2 Å². The molecular formula is C20H22N2O3S. The van der Waals surface area contributed by atoms with Crippen LogP contribution in [0.3, 0.4) is 0 Å². The Morgan fingerprint density at radius 2 is 1.42 bits per heavy atom. The van der Waals surface area contributed by atoms with Gasteiger partial charge in [-0.3, -0.25) is 14.4 Å². The molecule has 2 aromatic rings. The molecule has 0 spiro atoms. The number of hydrogen-bond acceptors (Lipinski definition) is 4. The van der Waals surface area contributed by atoms with Crippen LogP contribution >= 0.6 is 11.8 Å². The van der Waals surface area contributed by atoms with Crippen LogP contribution in [0.4, 0.5) is 11.4 Å². The van der Waals surface area contributed by atoms with Gasteiger partial charge in [-0.15, -0.1) is 11.8 Å². The Labute approximate surface area is 157 Å². The summed E-state index contributed by atoms with van der Waals surface area (Å²) in [6.07, 6.45) is 0.956. The molecule has 136 valence electrons. The number of hydrogen-bond donors (Lipinski definition) is 2. The number of benzene rings is 2. The number of ketones is 1. The summed E-state index contributed by atoms with van der Waals surface area (Å²) >= 11 is 1.27. The van der Waals surface area contributed by atoms with Crippen LogP contribution in [0.25, 0.3) is 0 Å². The fourth-order valence-electron chi connectivity index (χ4n) is 2.28. The second-order valence-corrected chi connectivity index (χ2v) is 6.76. The maximum atomic E-state index is 12.1. The first-order valence-corrected chi connectivity index (χ1v) is 9.50. The maximum Gasteiger partial charge on any atom is 0.234 e. The van der Waals surface area contributed by atoms with Crippen molar-refractivity contribution in [2.75, 3.05) is 22.1 Å². The van der Waals surface area contributed by atoms with E-state index >= 15 is 0 Å². The lowest BCUT2D eigenvalue weighted by molar-refractivity contribution is -0.114. The van der Waals surface area contributed by atoms with E-state index in [9.17, 15) is 14.4 Å². The van der Waals surface area contributed by atoms with Gasteiger partial charge in [-0.2, -0.15) is 0 Å². The van der Waals surface area contributed by atoms with Crippen LogP contribution in [0.15, 0.2) is 48.5 Å². The van der Waals surface area contributed by atoms with Gasteiger partial charge in [-0.25, -0.2) is 0 Å². The Kier molecular flexibility index (Phi) is 7.41. The summed E-state index contributed by atoms with van der Waals surface area (Å²) in [7, 11) is 0. The van der Waals surface area contributed by atoms with Gasteiger partial charge < -0.3 is 10.6 Å². The number of carbonyl (C=O) groups excluding carboxylic acids is 3. The number of nitrogens with one attached hydrogen (secondary N) is 2. The topological polar surface area (TPSA) is 75.3 Å². The fraction of sp³-hybridized carbons (Fsp3) is 0.250. The molecule has 0 aliphatic rings. The normalized spacial score (nSPS) is 10.2. The Balaban J connectivity index is 1.76. The second kappa shape index (κ2) is 9.77. The third kappa shape index (κ3) is 6.37. The summed E-state index contributed by atoms with van der Waals surface area (Å²) in [6, 6.07) is 14.4. The van der Waals surface area contributed by atoms with Crippen LogP contribution in [0.5, 0.6) is 0 Å². The highest BCUT2D eigenvalue weighted by Crippen LogP contribution is 2.14. The van der Waals surface area contributed by atoms with Crippen molar-refractivity contribution in [1.82, 2.24) is 0 Å². The SMILES string of the molecule is CCc1ccc(NC(=O)CSCC(=O)c2ccc(NC(C)=O)cc2)cc1. The molecule has 2 N–H and O–H groups in total. The van der Waals surface area contributed by atoms with E-state index in [-0.39, 0.29) is 29.1 Å². The number of amides is 2. The van der Waals surface area contributed by atoms with Crippen molar-refractivity contribution in [2.24, 2.45) is 0 Å². The third-order valence-electron chi connectivity index (χ3n) is 3.64. The minimum atomic E-state index is -0.157. The van der Waals surface area contributed by atoms with E-state index in [1.54, 1.807) is 24.3 Å². The average Bonchev–Trinajstić information content (AvgIpc) is 2.62. The monoisotopic (exact) mass is 370 g/mol. The van der Waals surface area contributed by atoms with Gasteiger partial charge in [0.25, 0.3) is 0 Å². The van der Waals surface area contributed by atoms with Crippen molar-refractivity contribution < 1.29 is 14.4 Å². The third-order valence-corrected chi connectivity index (χ3v) is 4.57. The maximum absolute atomic E-state index is 12.1. The van der Waals surface area contributed by atoms with Gasteiger partial charge in [-0.1, -0.05) is 19.1 Å². The molecule has 0 aromatic heterocycles. The van der Waals surface area contributed by atoms with Gasteiger partial charge in [0, 0.05) is 23.9 Å². The van der Waals surface area contributed by atoms with E-state index in [1.807, 2.05) is 24.3 Å². The van der Waals surface area contributed by atoms with E-state index in [0.717, 1.165) is 12.1 Å². The molecule has 0 radical (unpaired) electrons. The van der Waals surface area contributed by atoms with Crippen LogP contribution in [-0.2, 0) is 16.0 Å². The number of carbonyl (C=O) groups is 3. The van der Waals surface area contributed by atoms with Crippen molar-refractivity contribution in [2.45, 2.75) is 20.3 Å². The molecule has 2 rings (SSSR count). The molecule has 0 saturated heterocycles. The van der Waals surface area contributed by atoms with Gasteiger partial charge in [0.15, 0.2) is 5.78 Å². The highest BCUT2D eigenvalue weighted by Gasteiger charge is 2.09.